The van der Waals surface area contributed by atoms with Gasteiger partial charge in [0, 0.05) is 35.5 Å². The molecule has 0 saturated heterocycles. The average molecular weight is 558 g/mol. The molecule has 0 bridgehead atoms. The predicted octanol–water partition coefficient (Wildman–Crippen LogP) is 4.33. The molecule has 2 aromatic heterocycles. The highest BCUT2D eigenvalue weighted by Gasteiger charge is 2.20. The molecule has 0 spiro atoms. The number of pyridine rings is 1. The van der Waals surface area contributed by atoms with Crippen LogP contribution in [0.3, 0.4) is 0 Å². The maximum Gasteiger partial charge on any atom is 0.262 e. The van der Waals surface area contributed by atoms with E-state index in [0.717, 1.165) is 5.39 Å². The van der Waals surface area contributed by atoms with Gasteiger partial charge < -0.3 is 24.8 Å². The second-order valence-corrected chi connectivity index (χ2v) is 9.46. The van der Waals surface area contributed by atoms with Crippen molar-refractivity contribution < 1.29 is 23.4 Å². The zero-order valence-corrected chi connectivity index (χ0v) is 22.9. The summed E-state index contributed by atoms with van der Waals surface area (Å²) in [6, 6.07) is 10.6. The molecular weight excluding hydrogens is 529 g/mol. The monoisotopic (exact) mass is 557 g/mol. The molecule has 4 aromatic rings. The third-order valence-electron chi connectivity index (χ3n) is 6.41. The van der Waals surface area contributed by atoms with Crippen LogP contribution < -0.4 is 30.3 Å². The van der Waals surface area contributed by atoms with Crippen molar-refractivity contribution in [3.05, 3.63) is 100 Å². The molecule has 3 heterocycles. The Kier molecular flexibility index (Phi) is 7.68. The Hall–Kier alpha value is -5.19. The quantitative estimate of drug-likeness (QED) is 0.329. The average Bonchev–Trinajstić information content (AvgIpc) is 2.98. The number of rotatable bonds is 8. The summed E-state index contributed by atoms with van der Waals surface area (Å²) in [6.07, 6.45) is 6.43. The number of carbonyl (C=O) groups excluding carboxylic acids is 1. The highest BCUT2D eigenvalue weighted by Crippen LogP contribution is 2.35. The fourth-order valence-corrected chi connectivity index (χ4v) is 4.23. The molecule has 210 valence electrons. The highest BCUT2D eigenvalue weighted by atomic mass is 19.1. The number of methoxy groups -OCH3 is 2. The zero-order chi connectivity index (χ0) is 29.1. The molecule has 2 N–H and O–H groups in total. The number of hydrogen-bond acceptors (Lipinski definition) is 8. The maximum atomic E-state index is 13.4. The molecular formula is C30H28FN5O5. The minimum absolute atomic E-state index is 0.0614. The number of dihydropyridines is 1. The molecule has 0 saturated carbocycles. The Balaban J connectivity index is 1.38. The first-order valence-corrected chi connectivity index (χ1v) is 12.8. The number of ether oxygens (including phenoxy) is 3. The van der Waals surface area contributed by atoms with E-state index in [0.29, 0.717) is 39.9 Å². The fourth-order valence-electron chi connectivity index (χ4n) is 4.23. The molecule has 0 aliphatic carbocycles. The van der Waals surface area contributed by atoms with Crippen molar-refractivity contribution in [2.45, 2.75) is 19.9 Å². The van der Waals surface area contributed by atoms with Crippen LogP contribution in [0.1, 0.15) is 30.2 Å². The van der Waals surface area contributed by atoms with Crippen LogP contribution in [-0.4, -0.2) is 41.4 Å². The van der Waals surface area contributed by atoms with Crippen LogP contribution >= 0.6 is 0 Å². The van der Waals surface area contributed by atoms with E-state index < -0.39 is 17.2 Å². The van der Waals surface area contributed by atoms with E-state index in [2.05, 4.69) is 20.7 Å². The summed E-state index contributed by atoms with van der Waals surface area (Å²) in [4.78, 5) is 30.8. The van der Waals surface area contributed by atoms with Crippen LogP contribution in [0.5, 0.6) is 17.2 Å². The van der Waals surface area contributed by atoms with E-state index in [4.69, 9.17) is 14.2 Å². The molecule has 1 aliphatic rings. The number of nitrogens with one attached hydrogen (secondary N) is 2. The van der Waals surface area contributed by atoms with Crippen molar-refractivity contribution in [2.75, 3.05) is 20.8 Å². The zero-order valence-electron chi connectivity index (χ0n) is 22.9. The molecule has 0 fully saturated rings. The highest BCUT2D eigenvalue weighted by molar-refractivity contribution is 5.95. The normalized spacial score (nSPS) is 12.8. The van der Waals surface area contributed by atoms with Gasteiger partial charge in [0.15, 0.2) is 11.5 Å². The smallest absolute Gasteiger partial charge is 0.262 e. The maximum absolute atomic E-state index is 13.4. The van der Waals surface area contributed by atoms with Gasteiger partial charge in [-0.05, 0) is 62.4 Å². The van der Waals surface area contributed by atoms with E-state index in [1.165, 1.54) is 35.1 Å². The Morgan fingerprint density at radius 3 is 2.44 bits per heavy atom. The molecule has 2 aromatic carbocycles. The molecule has 0 radical (unpaired) electrons. The van der Waals surface area contributed by atoms with E-state index >= 15 is 0 Å². The summed E-state index contributed by atoms with van der Waals surface area (Å²) in [6.45, 7) is 4.03. The molecule has 1 amide bonds. The number of nitrogens with zero attached hydrogens (tertiary/aromatic N) is 3. The van der Waals surface area contributed by atoms with Gasteiger partial charge in [-0.3, -0.25) is 19.3 Å². The Labute approximate surface area is 235 Å². The predicted molar refractivity (Wildman–Crippen MR) is 151 cm³/mol. The molecule has 0 unspecified atom stereocenters. The molecule has 5 rings (SSSR count). The first kappa shape index (κ1) is 27.4. The lowest BCUT2D eigenvalue weighted by atomic mass is 10.1. The van der Waals surface area contributed by atoms with Gasteiger partial charge in [-0.25, -0.2) is 4.39 Å². The number of amides is 1. The number of allylic oxidation sites excluding steroid dienone is 2. The van der Waals surface area contributed by atoms with Gasteiger partial charge >= 0.3 is 0 Å². The van der Waals surface area contributed by atoms with Crippen LogP contribution in [-0.2, 0) is 0 Å². The van der Waals surface area contributed by atoms with Crippen molar-refractivity contribution in [1.29, 1.82) is 0 Å². The standard InChI is InChI=1S/C30H28FN5O5/c1-17(2)36-16-22(29(37)28(35-36)18-5-7-19(31)8-6-18)30(38)34-27-10-9-20(15-33-27)41-24-11-12-32-23-14-26(40-4)25(39-3)13-21(23)24/h5-14,16-17,33H,15H2,1-4H3,(H,34,38). The fraction of sp³-hybridized carbons (Fsp3) is 0.200. The molecule has 0 atom stereocenters. The lowest BCUT2D eigenvalue weighted by Crippen LogP contribution is -2.37. The first-order chi connectivity index (χ1) is 19.8. The summed E-state index contributed by atoms with van der Waals surface area (Å²) in [5, 5.41) is 11.0. The molecule has 10 nitrogen and oxygen atoms in total. The van der Waals surface area contributed by atoms with Gasteiger partial charge in [-0.1, -0.05) is 0 Å². The first-order valence-electron chi connectivity index (χ1n) is 12.8. The van der Waals surface area contributed by atoms with Crippen LogP contribution in [0.25, 0.3) is 22.2 Å². The van der Waals surface area contributed by atoms with Gasteiger partial charge in [0.1, 0.15) is 34.4 Å². The second kappa shape index (κ2) is 11.5. The van der Waals surface area contributed by atoms with Gasteiger partial charge in [-0.15, -0.1) is 0 Å². The van der Waals surface area contributed by atoms with Gasteiger partial charge in [-0.2, -0.15) is 5.10 Å². The summed E-state index contributed by atoms with van der Waals surface area (Å²) >= 11 is 0. The van der Waals surface area contributed by atoms with Crippen LogP contribution in [0, 0.1) is 5.82 Å². The number of benzene rings is 2. The number of carbonyl (C=O) groups is 1. The third kappa shape index (κ3) is 5.74. The van der Waals surface area contributed by atoms with Crippen molar-refractivity contribution in [1.82, 2.24) is 25.4 Å². The number of fused-ring (bicyclic) bond motifs is 1. The van der Waals surface area contributed by atoms with Crippen LogP contribution in [0.2, 0.25) is 0 Å². The summed E-state index contributed by atoms with van der Waals surface area (Å²) in [5.74, 6) is 1.63. The Morgan fingerprint density at radius 2 is 1.78 bits per heavy atom. The van der Waals surface area contributed by atoms with Crippen LogP contribution in [0.4, 0.5) is 4.39 Å². The van der Waals surface area contributed by atoms with Crippen molar-refractivity contribution in [2.24, 2.45) is 0 Å². The van der Waals surface area contributed by atoms with Crippen molar-refractivity contribution in [3.63, 3.8) is 0 Å². The topological polar surface area (TPSA) is 117 Å². The Bertz CT molecular complexity index is 1750. The van der Waals surface area contributed by atoms with E-state index in [9.17, 15) is 14.0 Å². The third-order valence-corrected chi connectivity index (χ3v) is 6.41. The second-order valence-electron chi connectivity index (χ2n) is 9.46. The van der Waals surface area contributed by atoms with Gasteiger partial charge in [0.2, 0.25) is 5.43 Å². The largest absolute Gasteiger partial charge is 0.493 e. The summed E-state index contributed by atoms with van der Waals surface area (Å²) < 4.78 is 31.9. The summed E-state index contributed by atoms with van der Waals surface area (Å²) in [5.41, 5.74) is 0.511. The summed E-state index contributed by atoms with van der Waals surface area (Å²) in [7, 11) is 3.12. The molecule has 41 heavy (non-hydrogen) atoms. The Morgan fingerprint density at radius 1 is 1.05 bits per heavy atom. The lowest BCUT2D eigenvalue weighted by Gasteiger charge is -2.20. The van der Waals surface area contributed by atoms with Crippen molar-refractivity contribution in [3.8, 4) is 28.5 Å². The molecule has 1 aliphatic heterocycles. The number of aromatic nitrogens is 3. The van der Waals surface area contributed by atoms with Crippen LogP contribution in [0.15, 0.2) is 83.4 Å². The van der Waals surface area contributed by atoms with E-state index in [1.807, 2.05) is 13.8 Å². The van der Waals surface area contributed by atoms with Crippen molar-refractivity contribution >= 4 is 16.8 Å². The van der Waals surface area contributed by atoms with E-state index in [-0.39, 0.29) is 23.8 Å². The lowest BCUT2D eigenvalue weighted by molar-refractivity contribution is 0.0960. The number of halogens is 1. The minimum Gasteiger partial charge on any atom is -0.493 e. The minimum atomic E-state index is -0.604. The number of hydrogen-bond donors (Lipinski definition) is 2. The van der Waals surface area contributed by atoms with Gasteiger partial charge in [0.05, 0.1) is 26.3 Å². The van der Waals surface area contributed by atoms with E-state index in [1.54, 1.807) is 50.8 Å². The SMILES string of the molecule is COc1cc2nccc(OC3=CC=C(NC(=O)c4cn(C(C)C)nc(-c5ccc(F)cc5)c4=O)NC3)c2cc1OC. The molecule has 11 heteroatoms. The van der Waals surface area contributed by atoms with Gasteiger partial charge in [0.25, 0.3) is 5.91 Å².